The van der Waals surface area contributed by atoms with Crippen molar-refractivity contribution in [3.05, 3.63) is 92.3 Å². The van der Waals surface area contributed by atoms with Crippen molar-refractivity contribution >= 4 is 46.5 Å². The first-order valence-electron chi connectivity index (χ1n) is 13.2. The smallest absolute Gasteiger partial charge is 0.253 e. The molecule has 39 heavy (non-hydrogen) atoms. The van der Waals surface area contributed by atoms with E-state index in [1.165, 1.54) is 12.1 Å². The number of piperidine rings is 1. The summed E-state index contributed by atoms with van der Waals surface area (Å²) >= 11 is 18.6. The third-order valence-corrected chi connectivity index (χ3v) is 8.54. The van der Waals surface area contributed by atoms with E-state index in [0.717, 1.165) is 69.8 Å². The second-order valence-corrected chi connectivity index (χ2v) is 11.3. The summed E-state index contributed by atoms with van der Waals surface area (Å²) in [6.45, 7) is 6.86. The number of hydrogen-bond acceptors (Lipinski definition) is 5. The number of hydrogen-bond donors (Lipinski definition) is 1. The van der Waals surface area contributed by atoms with E-state index in [-0.39, 0.29) is 11.7 Å². The van der Waals surface area contributed by atoms with Crippen molar-refractivity contribution in [2.45, 2.75) is 32.0 Å². The van der Waals surface area contributed by atoms with Gasteiger partial charge in [-0.1, -0.05) is 53.0 Å². The van der Waals surface area contributed by atoms with Gasteiger partial charge in [0, 0.05) is 51.5 Å². The van der Waals surface area contributed by atoms with Gasteiger partial charge in [0.1, 0.15) is 11.6 Å². The van der Waals surface area contributed by atoms with Crippen molar-refractivity contribution in [2.24, 2.45) is 0 Å². The van der Waals surface area contributed by atoms with Crippen LogP contribution in [-0.2, 0) is 13.1 Å². The SMILES string of the molecule is O=C(NCc1ccc(Cl)c(Cl)c1)c1cnc(N2CCN(C3CCN(Cc4ccc(F)cc4)CC3)CC2)c(Cl)c1. The summed E-state index contributed by atoms with van der Waals surface area (Å²) in [5, 5.41) is 4.27. The second-order valence-electron chi connectivity index (χ2n) is 10.1. The highest BCUT2D eigenvalue weighted by molar-refractivity contribution is 6.42. The molecular weight excluding hydrogens is 560 g/mol. The first kappa shape index (κ1) is 28.1. The number of anilines is 1. The van der Waals surface area contributed by atoms with Crippen LogP contribution in [0.25, 0.3) is 0 Å². The number of likely N-dealkylation sites (tertiary alicyclic amines) is 1. The number of piperazine rings is 1. The van der Waals surface area contributed by atoms with E-state index in [9.17, 15) is 9.18 Å². The van der Waals surface area contributed by atoms with Gasteiger partial charge in [-0.15, -0.1) is 0 Å². The maximum atomic E-state index is 13.2. The Hall–Kier alpha value is -2.42. The van der Waals surface area contributed by atoms with Crippen LogP contribution < -0.4 is 10.2 Å². The van der Waals surface area contributed by atoms with Crippen LogP contribution >= 0.6 is 34.8 Å². The molecular formula is C29H31Cl3FN5O. The van der Waals surface area contributed by atoms with E-state index in [1.807, 2.05) is 18.2 Å². The second kappa shape index (κ2) is 12.8. The molecule has 3 heterocycles. The average Bonchev–Trinajstić information content (AvgIpc) is 2.95. The van der Waals surface area contributed by atoms with Crippen LogP contribution in [0.4, 0.5) is 10.2 Å². The van der Waals surface area contributed by atoms with Gasteiger partial charge in [-0.05, 0) is 67.4 Å². The van der Waals surface area contributed by atoms with Crippen molar-refractivity contribution in [3.8, 4) is 0 Å². The Morgan fingerprint density at radius 2 is 1.56 bits per heavy atom. The van der Waals surface area contributed by atoms with Crippen molar-refractivity contribution < 1.29 is 9.18 Å². The fraction of sp³-hybridized carbons (Fsp3) is 0.379. The normalized spacial score (nSPS) is 17.4. The van der Waals surface area contributed by atoms with Crippen LogP contribution in [0.3, 0.4) is 0 Å². The predicted octanol–water partition coefficient (Wildman–Crippen LogP) is 5.90. The molecule has 3 aromatic rings. The van der Waals surface area contributed by atoms with Gasteiger partial charge in [0.05, 0.1) is 20.6 Å². The maximum Gasteiger partial charge on any atom is 0.253 e. The first-order chi connectivity index (χ1) is 18.9. The van der Waals surface area contributed by atoms with Crippen molar-refractivity contribution in [3.63, 3.8) is 0 Å². The molecule has 1 aromatic heterocycles. The lowest BCUT2D eigenvalue weighted by Crippen LogP contribution is -2.53. The fourth-order valence-corrected chi connectivity index (χ4v) is 5.92. The molecule has 5 rings (SSSR count). The summed E-state index contributed by atoms with van der Waals surface area (Å²) in [5.41, 5.74) is 2.42. The van der Waals surface area contributed by atoms with E-state index in [4.69, 9.17) is 34.8 Å². The Kier molecular flexibility index (Phi) is 9.25. The third-order valence-electron chi connectivity index (χ3n) is 7.53. The average molecular weight is 591 g/mol. The molecule has 10 heteroatoms. The minimum Gasteiger partial charge on any atom is -0.353 e. The van der Waals surface area contributed by atoms with E-state index in [0.29, 0.717) is 39.0 Å². The summed E-state index contributed by atoms with van der Waals surface area (Å²) in [7, 11) is 0. The molecule has 0 spiro atoms. The van der Waals surface area contributed by atoms with Gasteiger partial charge in [0.2, 0.25) is 0 Å². The Morgan fingerprint density at radius 3 is 2.23 bits per heavy atom. The number of aromatic nitrogens is 1. The Balaban J connectivity index is 1.08. The Bertz CT molecular complexity index is 1290. The Morgan fingerprint density at radius 1 is 0.872 bits per heavy atom. The molecule has 0 unspecified atom stereocenters. The standard InChI is InChI=1S/C29H31Cl3FN5O/c30-25-6-3-21(15-26(25)31)17-35-29(39)22-16-27(32)28(34-18-22)38-13-11-37(12-14-38)24-7-9-36(10-8-24)19-20-1-4-23(33)5-2-20/h1-6,15-16,18,24H,7-14,17,19H2,(H,35,39). The number of nitrogens with one attached hydrogen (secondary N) is 1. The van der Waals surface area contributed by atoms with E-state index < -0.39 is 0 Å². The minimum absolute atomic E-state index is 0.189. The van der Waals surface area contributed by atoms with Gasteiger partial charge < -0.3 is 10.2 Å². The number of carbonyl (C=O) groups excluding carboxylic acids is 1. The zero-order chi connectivity index (χ0) is 27.4. The molecule has 1 N–H and O–H groups in total. The molecule has 2 fully saturated rings. The molecule has 2 aliphatic heterocycles. The summed E-state index contributed by atoms with van der Waals surface area (Å²) in [6, 6.07) is 14.3. The minimum atomic E-state index is -0.252. The number of benzene rings is 2. The summed E-state index contributed by atoms with van der Waals surface area (Å²) < 4.78 is 13.2. The highest BCUT2D eigenvalue weighted by atomic mass is 35.5. The topological polar surface area (TPSA) is 51.7 Å². The van der Waals surface area contributed by atoms with Crippen molar-refractivity contribution in [1.29, 1.82) is 0 Å². The molecule has 0 aliphatic carbocycles. The zero-order valence-electron chi connectivity index (χ0n) is 21.6. The van der Waals surface area contributed by atoms with Crippen molar-refractivity contribution in [1.82, 2.24) is 20.1 Å². The quantitative estimate of drug-likeness (QED) is 0.372. The number of nitrogens with zero attached hydrogens (tertiary/aromatic N) is 4. The lowest BCUT2D eigenvalue weighted by atomic mass is 10.0. The van der Waals surface area contributed by atoms with Gasteiger partial charge in [0.15, 0.2) is 0 Å². The van der Waals surface area contributed by atoms with Crippen LogP contribution in [0.2, 0.25) is 15.1 Å². The lowest BCUT2D eigenvalue weighted by molar-refractivity contribution is 0.0950. The highest BCUT2D eigenvalue weighted by Gasteiger charge is 2.28. The monoisotopic (exact) mass is 589 g/mol. The summed E-state index contributed by atoms with van der Waals surface area (Å²) in [6.07, 6.45) is 3.84. The molecule has 1 amide bonds. The highest BCUT2D eigenvalue weighted by Crippen LogP contribution is 2.27. The number of halogens is 4. The van der Waals surface area contributed by atoms with Gasteiger partial charge in [-0.25, -0.2) is 9.37 Å². The molecule has 2 saturated heterocycles. The van der Waals surface area contributed by atoms with E-state index in [1.54, 1.807) is 24.4 Å². The van der Waals surface area contributed by atoms with Crippen LogP contribution in [0.15, 0.2) is 54.7 Å². The number of carbonyl (C=O) groups is 1. The molecule has 2 aromatic carbocycles. The molecule has 0 atom stereocenters. The predicted molar refractivity (Wildman–Crippen MR) is 155 cm³/mol. The number of amides is 1. The van der Waals surface area contributed by atoms with Gasteiger partial charge >= 0.3 is 0 Å². The van der Waals surface area contributed by atoms with Gasteiger partial charge in [-0.3, -0.25) is 14.6 Å². The largest absolute Gasteiger partial charge is 0.353 e. The number of rotatable bonds is 7. The summed E-state index contributed by atoms with van der Waals surface area (Å²) in [4.78, 5) is 24.4. The van der Waals surface area contributed by atoms with Gasteiger partial charge in [0.25, 0.3) is 5.91 Å². The van der Waals surface area contributed by atoms with E-state index in [2.05, 4.69) is 25.0 Å². The molecule has 6 nitrogen and oxygen atoms in total. The van der Waals surface area contributed by atoms with Crippen LogP contribution in [0, 0.1) is 5.82 Å². The van der Waals surface area contributed by atoms with Crippen LogP contribution in [0.1, 0.15) is 34.3 Å². The summed E-state index contributed by atoms with van der Waals surface area (Å²) in [5.74, 6) is 0.273. The number of pyridine rings is 1. The van der Waals surface area contributed by atoms with Crippen LogP contribution in [0.5, 0.6) is 0 Å². The first-order valence-corrected chi connectivity index (χ1v) is 14.3. The lowest BCUT2D eigenvalue weighted by Gasteiger charge is -2.43. The zero-order valence-corrected chi connectivity index (χ0v) is 23.8. The van der Waals surface area contributed by atoms with Crippen LogP contribution in [-0.4, -0.2) is 66.0 Å². The Labute approximate surface area is 243 Å². The maximum absolute atomic E-state index is 13.2. The molecule has 206 valence electrons. The third kappa shape index (κ3) is 7.21. The molecule has 0 bridgehead atoms. The van der Waals surface area contributed by atoms with E-state index >= 15 is 0 Å². The fourth-order valence-electron chi connectivity index (χ4n) is 5.31. The van der Waals surface area contributed by atoms with Gasteiger partial charge in [-0.2, -0.15) is 0 Å². The molecule has 0 radical (unpaired) electrons. The molecule has 0 saturated carbocycles. The molecule has 2 aliphatic rings. The van der Waals surface area contributed by atoms with Crippen molar-refractivity contribution in [2.75, 3.05) is 44.2 Å².